The normalized spacial score (nSPS) is 11.6. The summed E-state index contributed by atoms with van der Waals surface area (Å²) in [6.07, 6.45) is -4.94. The standard InChI is InChI=1S/C11H7ClF3N3O2/c12-10-8(18(19)20)9(11(13,14)15)16-17(10)6-7-4-2-1-3-5-7/h1-5H,6H2. The molecule has 5 nitrogen and oxygen atoms in total. The van der Waals surface area contributed by atoms with Crippen LogP contribution in [0.1, 0.15) is 11.3 Å². The zero-order chi connectivity index (χ0) is 14.9. The van der Waals surface area contributed by atoms with Gasteiger partial charge in [-0.05, 0) is 5.56 Å². The topological polar surface area (TPSA) is 61.0 Å². The van der Waals surface area contributed by atoms with Gasteiger partial charge in [0.1, 0.15) is 0 Å². The molecule has 0 bridgehead atoms. The highest BCUT2D eigenvalue weighted by Gasteiger charge is 2.44. The largest absolute Gasteiger partial charge is 0.442 e. The first kappa shape index (κ1) is 14.3. The molecule has 0 radical (unpaired) electrons. The maximum atomic E-state index is 12.7. The second kappa shape index (κ2) is 5.12. The highest BCUT2D eigenvalue weighted by Crippen LogP contribution is 2.39. The molecule has 0 fully saturated rings. The van der Waals surface area contributed by atoms with Crippen LogP contribution in [-0.4, -0.2) is 14.7 Å². The third-order valence-corrected chi connectivity index (χ3v) is 2.87. The van der Waals surface area contributed by atoms with Crippen molar-refractivity contribution < 1.29 is 18.1 Å². The van der Waals surface area contributed by atoms with E-state index in [0.717, 1.165) is 4.68 Å². The van der Waals surface area contributed by atoms with Gasteiger partial charge >= 0.3 is 11.9 Å². The van der Waals surface area contributed by atoms with Gasteiger partial charge in [0, 0.05) is 0 Å². The number of rotatable bonds is 3. The van der Waals surface area contributed by atoms with Crippen LogP contribution in [0.2, 0.25) is 5.15 Å². The smallest absolute Gasteiger partial charge is 0.258 e. The fourth-order valence-electron chi connectivity index (χ4n) is 1.65. The third-order valence-electron chi connectivity index (χ3n) is 2.49. The first-order valence-corrected chi connectivity index (χ1v) is 5.70. The van der Waals surface area contributed by atoms with E-state index in [1.54, 1.807) is 30.3 Å². The monoisotopic (exact) mass is 305 g/mol. The molecule has 2 rings (SSSR count). The van der Waals surface area contributed by atoms with Gasteiger partial charge < -0.3 is 0 Å². The Labute approximate surface area is 115 Å². The van der Waals surface area contributed by atoms with Crippen molar-refractivity contribution in [2.24, 2.45) is 0 Å². The third kappa shape index (κ3) is 2.74. The quantitative estimate of drug-likeness (QED) is 0.644. The Hall–Kier alpha value is -2.09. The summed E-state index contributed by atoms with van der Waals surface area (Å²) >= 11 is 5.64. The van der Waals surface area contributed by atoms with Crippen LogP contribution in [0.4, 0.5) is 18.9 Å². The predicted octanol–water partition coefficient (Wildman–Crippen LogP) is 3.51. The van der Waals surface area contributed by atoms with E-state index in [9.17, 15) is 23.3 Å². The molecule has 9 heteroatoms. The summed E-state index contributed by atoms with van der Waals surface area (Å²) in [4.78, 5) is 9.54. The lowest BCUT2D eigenvalue weighted by molar-refractivity contribution is -0.388. The highest BCUT2D eigenvalue weighted by atomic mass is 35.5. The van der Waals surface area contributed by atoms with E-state index >= 15 is 0 Å². The molecule has 1 heterocycles. The van der Waals surface area contributed by atoms with Gasteiger partial charge in [0.2, 0.25) is 10.8 Å². The van der Waals surface area contributed by atoms with E-state index in [1.165, 1.54) is 0 Å². The Morgan fingerprint density at radius 3 is 2.35 bits per heavy atom. The Bertz CT molecular complexity index is 640. The van der Waals surface area contributed by atoms with Crippen molar-refractivity contribution in [1.29, 1.82) is 0 Å². The van der Waals surface area contributed by atoms with Crippen LogP contribution in [0.5, 0.6) is 0 Å². The van der Waals surface area contributed by atoms with Crippen molar-refractivity contribution in [3.05, 3.63) is 56.9 Å². The molecule has 2 aromatic rings. The Kier molecular flexibility index (Phi) is 3.67. The Morgan fingerprint density at radius 2 is 1.90 bits per heavy atom. The Morgan fingerprint density at radius 1 is 1.30 bits per heavy atom. The fourth-order valence-corrected chi connectivity index (χ4v) is 1.90. The van der Waals surface area contributed by atoms with Gasteiger partial charge in [-0.15, -0.1) is 0 Å². The summed E-state index contributed by atoms with van der Waals surface area (Å²) in [6.45, 7) is -0.0867. The average Bonchev–Trinajstić information content (AvgIpc) is 2.68. The minimum atomic E-state index is -4.94. The zero-order valence-corrected chi connectivity index (χ0v) is 10.5. The van der Waals surface area contributed by atoms with Crippen LogP contribution < -0.4 is 0 Å². The molecule has 0 unspecified atom stereocenters. The second-order valence-electron chi connectivity index (χ2n) is 3.89. The van der Waals surface area contributed by atoms with Gasteiger partial charge in [-0.3, -0.25) is 10.1 Å². The van der Waals surface area contributed by atoms with Crippen LogP contribution in [0.3, 0.4) is 0 Å². The number of nitrogens with zero attached hydrogens (tertiary/aromatic N) is 3. The molecule has 0 N–H and O–H groups in total. The van der Waals surface area contributed by atoms with Crippen LogP contribution >= 0.6 is 11.6 Å². The number of halogens is 4. The minimum absolute atomic E-state index is 0.0867. The molecule has 0 saturated carbocycles. The van der Waals surface area contributed by atoms with Gasteiger partial charge in [0.15, 0.2) is 0 Å². The van der Waals surface area contributed by atoms with Gasteiger partial charge in [0.25, 0.3) is 0 Å². The van der Waals surface area contributed by atoms with E-state index in [2.05, 4.69) is 5.10 Å². The molecule has 20 heavy (non-hydrogen) atoms. The van der Waals surface area contributed by atoms with E-state index in [4.69, 9.17) is 11.6 Å². The van der Waals surface area contributed by atoms with Gasteiger partial charge in [-0.2, -0.15) is 18.3 Å². The first-order chi connectivity index (χ1) is 9.30. The molecule has 1 aromatic heterocycles. The zero-order valence-electron chi connectivity index (χ0n) is 9.76. The molecule has 1 aromatic carbocycles. The maximum absolute atomic E-state index is 12.7. The molecule has 0 amide bonds. The lowest BCUT2D eigenvalue weighted by atomic mass is 10.2. The van der Waals surface area contributed by atoms with Crippen molar-refractivity contribution in [1.82, 2.24) is 9.78 Å². The van der Waals surface area contributed by atoms with Crippen LogP contribution in [0.25, 0.3) is 0 Å². The lowest BCUT2D eigenvalue weighted by Crippen LogP contribution is -2.10. The summed E-state index contributed by atoms with van der Waals surface area (Å²) in [6, 6.07) is 8.41. The molecule has 0 atom stereocenters. The van der Waals surface area contributed by atoms with Gasteiger partial charge in [0.05, 0.1) is 11.5 Å². The van der Waals surface area contributed by atoms with Crippen molar-refractivity contribution in [2.45, 2.75) is 12.7 Å². The van der Waals surface area contributed by atoms with Crippen LogP contribution in [0.15, 0.2) is 30.3 Å². The summed E-state index contributed by atoms with van der Waals surface area (Å²) in [5, 5.41) is 13.3. The molecule has 0 saturated heterocycles. The molecule has 106 valence electrons. The summed E-state index contributed by atoms with van der Waals surface area (Å²) in [5.41, 5.74) is -2.20. The molecular formula is C11H7ClF3N3O2. The van der Waals surface area contributed by atoms with E-state index < -0.39 is 27.6 Å². The van der Waals surface area contributed by atoms with Crippen LogP contribution in [-0.2, 0) is 12.7 Å². The predicted molar refractivity (Wildman–Crippen MR) is 64.4 cm³/mol. The first-order valence-electron chi connectivity index (χ1n) is 5.32. The highest BCUT2D eigenvalue weighted by molar-refractivity contribution is 6.31. The summed E-state index contributed by atoms with van der Waals surface area (Å²) in [7, 11) is 0. The van der Waals surface area contributed by atoms with Crippen molar-refractivity contribution >= 4 is 17.3 Å². The van der Waals surface area contributed by atoms with Gasteiger partial charge in [-0.1, -0.05) is 41.9 Å². The van der Waals surface area contributed by atoms with Gasteiger partial charge in [-0.25, -0.2) is 4.68 Å². The van der Waals surface area contributed by atoms with Crippen molar-refractivity contribution in [2.75, 3.05) is 0 Å². The number of hydrogen-bond acceptors (Lipinski definition) is 3. The van der Waals surface area contributed by atoms with E-state index in [0.29, 0.717) is 5.56 Å². The molecule has 0 aliphatic heterocycles. The van der Waals surface area contributed by atoms with E-state index in [1.807, 2.05) is 0 Å². The molecule has 0 aliphatic carbocycles. The molecule has 0 spiro atoms. The summed E-state index contributed by atoms with van der Waals surface area (Å²) in [5.74, 6) is 0. The molecule has 0 aliphatic rings. The lowest BCUT2D eigenvalue weighted by Gasteiger charge is -2.02. The van der Waals surface area contributed by atoms with Crippen LogP contribution in [0, 0.1) is 10.1 Å². The number of aromatic nitrogens is 2. The number of hydrogen-bond donors (Lipinski definition) is 0. The summed E-state index contributed by atoms with van der Waals surface area (Å²) < 4.78 is 38.9. The SMILES string of the molecule is O=[N+]([O-])c1c(C(F)(F)F)nn(Cc2ccccc2)c1Cl. The van der Waals surface area contributed by atoms with Crippen molar-refractivity contribution in [3.63, 3.8) is 0 Å². The van der Waals surface area contributed by atoms with E-state index in [-0.39, 0.29) is 6.54 Å². The average molecular weight is 306 g/mol. The number of nitro groups is 1. The number of alkyl halides is 3. The maximum Gasteiger partial charge on any atom is 0.442 e. The second-order valence-corrected chi connectivity index (χ2v) is 4.24. The Balaban J connectivity index is 2.48. The number of benzene rings is 1. The molecular weight excluding hydrogens is 299 g/mol. The fraction of sp³-hybridized carbons (Fsp3) is 0.182. The minimum Gasteiger partial charge on any atom is -0.258 e. The van der Waals surface area contributed by atoms with Crippen molar-refractivity contribution in [3.8, 4) is 0 Å².